The molecule has 7 nitrogen and oxygen atoms in total. The van der Waals surface area contributed by atoms with Gasteiger partial charge in [-0.2, -0.15) is 0 Å². The van der Waals surface area contributed by atoms with Gasteiger partial charge < -0.3 is 9.88 Å². The highest BCUT2D eigenvalue weighted by atomic mass is 16.2. The van der Waals surface area contributed by atoms with Crippen LogP contribution < -0.4 is 16.6 Å². The molecule has 0 fully saturated rings. The van der Waals surface area contributed by atoms with Gasteiger partial charge in [0, 0.05) is 20.6 Å². The highest BCUT2D eigenvalue weighted by Gasteiger charge is 2.19. The molecule has 156 valence electrons. The van der Waals surface area contributed by atoms with E-state index < -0.39 is 0 Å². The van der Waals surface area contributed by atoms with Crippen molar-refractivity contribution in [1.82, 2.24) is 24.0 Å². The molecular formula is C22H31N5O2. The lowest BCUT2D eigenvalue weighted by Gasteiger charge is -2.10. The summed E-state index contributed by atoms with van der Waals surface area (Å²) in [6.07, 6.45) is 6.13. The van der Waals surface area contributed by atoms with Crippen LogP contribution in [0, 0.1) is 0 Å². The standard InChI is InChI=1S/C22H31N5O2/c1-4-5-6-7-11-14-23-15-18-24-20-19(21(28)26(3)22(29)25(20)2)27(18)16-17-12-9-8-10-13-17/h8-10,12-13,23H,4-7,11,14-16H2,1-3H3. The van der Waals surface area contributed by atoms with Crippen molar-refractivity contribution < 1.29 is 0 Å². The number of fused-ring (bicyclic) bond motifs is 1. The Morgan fingerprint density at radius 3 is 2.41 bits per heavy atom. The number of nitrogens with one attached hydrogen (secondary N) is 1. The molecule has 0 unspecified atom stereocenters. The van der Waals surface area contributed by atoms with Gasteiger partial charge in [-0.15, -0.1) is 0 Å². The zero-order chi connectivity index (χ0) is 20.8. The second kappa shape index (κ2) is 9.69. The van der Waals surface area contributed by atoms with Crippen LogP contribution >= 0.6 is 0 Å². The fourth-order valence-corrected chi connectivity index (χ4v) is 3.62. The van der Waals surface area contributed by atoms with Crippen LogP contribution in [0.5, 0.6) is 0 Å². The van der Waals surface area contributed by atoms with E-state index in [2.05, 4.69) is 17.2 Å². The van der Waals surface area contributed by atoms with Gasteiger partial charge >= 0.3 is 5.69 Å². The van der Waals surface area contributed by atoms with Gasteiger partial charge in [-0.1, -0.05) is 62.9 Å². The van der Waals surface area contributed by atoms with Crippen molar-refractivity contribution in [1.29, 1.82) is 0 Å². The third-order valence-electron chi connectivity index (χ3n) is 5.35. The minimum Gasteiger partial charge on any atom is -0.317 e. The van der Waals surface area contributed by atoms with E-state index in [4.69, 9.17) is 0 Å². The Morgan fingerprint density at radius 2 is 1.69 bits per heavy atom. The number of imidazole rings is 1. The molecule has 3 aromatic rings. The molecule has 7 heteroatoms. The van der Waals surface area contributed by atoms with Gasteiger partial charge in [0.2, 0.25) is 0 Å². The minimum atomic E-state index is -0.359. The van der Waals surface area contributed by atoms with Crippen LogP contribution in [0.2, 0.25) is 0 Å². The van der Waals surface area contributed by atoms with Gasteiger partial charge in [-0.3, -0.25) is 13.9 Å². The van der Waals surface area contributed by atoms with Gasteiger partial charge in [0.05, 0.1) is 6.54 Å². The van der Waals surface area contributed by atoms with Crippen LogP contribution in [0.15, 0.2) is 39.9 Å². The Hall–Kier alpha value is -2.67. The molecule has 29 heavy (non-hydrogen) atoms. The topological polar surface area (TPSA) is 73.8 Å². The maximum Gasteiger partial charge on any atom is 0.332 e. The summed E-state index contributed by atoms with van der Waals surface area (Å²) >= 11 is 0. The first-order valence-electron chi connectivity index (χ1n) is 10.4. The summed E-state index contributed by atoms with van der Waals surface area (Å²) in [5.74, 6) is 0.774. The Balaban J connectivity index is 1.90. The second-order valence-electron chi connectivity index (χ2n) is 7.57. The van der Waals surface area contributed by atoms with Crippen LogP contribution in [0.4, 0.5) is 0 Å². The van der Waals surface area contributed by atoms with Crippen molar-refractivity contribution in [2.75, 3.05) is 6.54 Å². The van der Waals surface area contributed by atoms with Crippen molar-refractivity contribution in [3.05, 3.63) is 62.6 Å². The van der Waals surface area contributed by atoms with Crippen molar-refractivity contribution in [3.8, 4) is 0 Å². The molecule has 0 saturated carbocycles. The molecule has 2 heterocycles. The summed E-state index contributed by atoms with van der Waals surface area (Å²) in [7, 11) is 3.17. The number of benzene rings is 1. The summed E-state index contributed by atoms with van der Waals surface area (Å²) in [5.41, 5.74) is 1.33. The zero-order valence-corrected chi connectivity index (χ0v) is 17.6. The Morgan fingerprint density at radius 1 is 0.966 bits per heavy atom. The first-order chi connectivity index (χ1) is 14.0. The summed E-state index contributed by atoms with van der Waals surface area (Å²) in [5, 5.41) is 3.45. The van der Waals surface area contributed by atoms with Gasteiger partial charge in [0.15, 0.2) is 11.2 Å². The summed E-state index contributed by atoms with van der Waals surface area (Å²) < 4.78 is 4.54. The van der Waals surface area contributed by atoms with E-state index in [1.54, 1.807) is 7.05 Å². The lowest BCUT2D eigenvalue weighted by atomic mass is 10.1. The van der Waals surface area contributed by atoms with Crippen LogP contribution in [0.1, 0.15) is 50.4 Å². The van der Waals surface area contributed by atoms with E-state index in [1.165, 1.54) is 37.3 Å². The molecule has 3 rings (SSSR count). The van der Waals surface area contributed by atoms with Crippen LogP contribution in [0.3, 0.4) is 0 Å². The fraction of sp³-hybridized carbons (Fsp3) is 0.500. The van der Waals surface area contributed by atoms with Crippen LogP contribution in [-0.2, 0) is 27.2 Å². The molecule has 0 saturated heterocycles. The van der Waals surface area contributed by atoms with E-state index in [9.17, 15) is 9.59 Å². The predicted molar refractivity (Wildman–Crippen MR) is 116 cm³/mol. The molecular weight excluding hydrogens is 366 g/mol. The molecule has 0 aliphatic carbocycles. The second-order valence-corrected chi connectivity index (χ2v) is 7.57. The van der Waals surface area contributed by atoms with E-state index in [1.807, 2.05) is 34.9 Å². The minimum absolute atomic E-state index is 0.308. The molecule has 0 aliphatic rings. The van der Waals surface area contributed by atoms with E-state index in [0.29, 0.717) is 24.3 Å². The van der Waals surface area contributed by atoms with Crippen molar-refractivity contribution >= 4 is 11.2 Å². The SMILES string of the molecule is CCCCCCCNCc1nc2c(c(=O)n(C)c(=O)n2C)n1Cc1ccccc1. The van der Waals surface area contributed by atoms with Crippen molar-refractivity contribution in [2.45, 2.75) is 52.1 Å². The number of unbranched alkanes of at least 4 members (excludes halogenated alkanes) is 4. The van der Waals surface area contributed by atoms with Gasteiger partial charge in [-0.25, -0.2) is 9.78 Å². The van der Waals surface area contributed by atoms with Gasteiger partial charge in [-0.05, 0) is 18.5 Å². The van der Waals surface area contributed by atoms with Crippen molar-refractivity contribution in [3.63, 3.8) is 0 Å². The quantitative estimate of drug-likeness (QED) is 0.534. The lowest BCUT2D eigenvalue weighted by molar-refractivity contribution is 0.566. The van der Waals surface area contributed by atoms with Crippen LogP contribution in [-0.4, -0.2) is 25.2 Å². The summed E-state index contributed by atoms with van der Waals surface area (Å²) in [6, 6.07) is 10.00. The largest absolute Gasteiger partial charge is 0.332 e. The molecule has 0 bridgehead atoms. The monoisotopic (exact) mass is 397 g/mol. The Bertz CT molecular complexity index is 1060. The van der Waals surface area contributed by atoms with Gasteiger partial charge in [0.25, 0.3) is 5.56 Å². The maximum atomic E-state index is 12.9. The van der Waals surface area contributed by atoms with E-state index in [-0.39, 0.29) is 11.2 Å². The predicted octanol–water partition coefficient (Wildman–Crippen LogP) is 2.54. The number of hydrogen-bond acceptors (Lipinski definition) is 4. The average molecular weight is 398 g/mol. The fourth-order valence-electron chi connectivity index (χ4n) is 3.62. The molecule has 0 aliphatic heterocycles. The van der Waals surface area contributed by atoms with E-state index >= 15 is 0 Å². The number of aryl methyl sites for hydroxylation is 1. The first-order valence-corrected chi connectivity index (χ1v) is 10.4. The van der Waals surface area contributed by atoms with E-state index in [0.717, 1.165) is 28.9 Å². The third-order valence-corrected chi connectivity index (χ3v) is 5.35. The number of aromatic nitrogens is 4. The molecule has 1 aromatic carbocycles. The lowest BCUT2D eigenvalue weighted by Crippen LogP contribution is -2.37. The molecule has 2 aromatic heterocycles. The zero-order valence-electron chi connectivity index (χ0n) is 17.6. The molecule has 0 spiro atoms. The van der Waals surface area contributed by atoms with Crippen molar-refractivity contribution in [2.24, 2.45) is 14.1 Å². The smallest absolute Gasteiger partial charge is 0.317 e. The summed E-state index contributed by atoms with van der Waals surface area (Å²) in [4.78, 5) is 29.9. The molecule has 0 amide bonds. The molecule has 1 N–H and O–H groups in total. The Kier molecular flexibility index (Phi) is 7.04. The average Bonchev–Trinajstić information content (AvgIpc) is 3.09. The summed E-state index contributed by atoms with van der Waals surface area (Å²) in [6.45, 7) is 4.23. The molecule has 0 atom stereocenters. The van der Waals surface area contributed by atoms with Crippen LogP contribution in [0.25, 0.3) is 11.2 Å². The first kappa shape index (κ1) is 21.0. The Labute approximate surface area is 171 Å². The number of hydrogen-bond donors (Lipinski definition) is 1. The highest BCUT2D eigenvalue weighted by Crippen LogP contribution is 2.14. The maximum absolute atomic E-state index is 12.9. The molecule has 0 radical (unpaired) electrons. The highest BCUT2D eigenvalue weighted by molar-refractivity contribution is 5.71. The number of rotatable bonds is 10. The number of nitrogens with zero attached hydrogens (tertiary/aromatic N) is 4. The van der Waals surface area contributed by atoms with Gasteiger partial charge in [0.1, 0.15) is 5.82 Å². The third kappa shape index (κ3) is 4.67. The normalized spacial score (nSPS) is 11.4.